The van der Waals surface area contributed by atoms with Crippen molar-refractivity contribution in [1.82, 2.24) is 0 Å². The zero-order chi connectivity index (χ0) is 40.3. The van der Waals surface area contributed by atoms with E-state index in [0.29, 0.717) is 6.42 Å². The molecule has 0 rings (SSSR count). The van der Waals surface area contributed by atoms with Crippen LogP contribution in [0.3, 0.4) is 0 Å². The van der Waals surface area contributed by atoms with E-state index in [1.165, 1.54) is 70.3 Å². The van der Waals surface area contributed by atoms with E-state index < -0.39 is 32.5 Å². The van der Waals surface area contributed by atoms with E-state index in [0.717, 1.165) is 51.4 Å². The Morgan fingerprint density at radius 2 is 1.13 bits per heavy atom. The van der Waals surface area contributed by atoms with Crippen LogP contribution in [0.1, 0.15) is 142 Å². The van der Waals surface area contributed by atoms with E-state index in [2.05, 4.69) is 74.6 Å². The fourth-order valence-electron chi connectivity index (χ4n) is 5.04. The number of nitrogens with two attached hydrogens (primary N) is 1. The first kappa shape index (κ1) is 51.9. The number of carbonyl (C=O) groups excluding carboxylic acids is 2. The van der Waals surface area contributed by atoms with Crippen molar-refractivity contribution in [3.63, 3.8) is 0 Å². The monoisotopic (exact) mass is 788 g/mol. The fourth-order valence-corrected chi connectivity index (χ4v) is 5.80. The molecule has 0 aromatic rings. The van der Waals surface area contributed by atoms with Crippen molar-refractivity contribution in [2.45, 2.75) is 148 Å². The molecule has 10 heteroatoms. The average Bonchev–Trinajstić information content (AvgIpc) is 3.17. The first-order valence-corrected chi connectivity index (χ1v) is 22.2. The minimum atomic E-state index is -4.42. The van der Waals surface area contributed by atoms with E-state index in [4.69, 9.17) is 24.3 Å². The van der Waals surface area contributed by atoms with E-state index in [-0.39, 0.29) is 26.2 Å². The van der Waals surface area contributed by atoms with Crippen molar-refractivity contribution in [1.29, 1.82) is 0 Å². The van der Waals surface area contributed by atoms with Crippen molar-refractivity contribution < 1.29 is 37.6 Å². The Morgan fingerprint density at radius 1 is 0.618 bits per heavy atom. The third-order valence-corrected chi connectivity index (χ3v) is 9.06. The van der Waals surface area contributed by atoms with Gasteiger partial charge >= 0.3 is 19.8 Å². The number of rotatable bonds is 37. The molecule has 312 valence electrons. The van der Waals surface area contributed by atoms with Gasteiger partial charge in [-0.3, -0.25) is 13.8 Å². The molecule has 0 bridgehead atoms. The van der Waals surface area contributed by atoms with E-state index in [9.17, 15) is 19.0 Å². The maximum atomic E-state index is 12.4. The molecule has 0 saturated carbocycles. The summed E-state index contributed by atoms with van der Waals surface area (Å²) in [6.45, 7) is 3.38. The van der Waals surface area contributed by atoms with Crippen LogP contribution in [0.2, 0.25) is 0 Å². The van der Waals surface area contributed by atoms with Crippen molar-refractivity contribution in [3.8, 4) is 0 Å². The summed E-state index contributed by atoms with van der Waals surface area (Å²) in [6, 6.07) is 0. The van der Waals surface area contributed by atoms with Gasteiger partial charge in [-0.15, -0.1) is 0 Å². The summed E-state index contributed by atoms with van der Waals surface area (Å²) < 4.78 is 32.4. The van der Waals surface area contributed by atoms with Crippen LogP contribution in [0.5, 0.6) is 0 Å². The van der Waals surface area contributed by atoms with Gasteiger partial charge in [0, 0.05) is 19.0 Å². The Labute approximate surface area is 334 Å². The Morgan fingerprint density at radius 3 is 1.65 bits per heavy atom. The highest BCUT2D eigenvalue weighted by atomic mass is 31.2. The van der Waals surface area contributed by atoms with Gasteiger partial charge < -0.3 is 20.1 Å². The molecule has 0 amide bonds. The number of hydrogen-bond acceptors (Lipinski definition) is 8. The fraction of sp³-hybridized carbons (Fsp3) is 0.600. The zero-order valence-electron chi connectivity index (χ0n) is 34.1. The first-order chi connectivity index (χ1) is 26.8. The van der Waals surface area contributed by atoms with Gasteiger partial charge in [0.15, 0.2) is 6.10 Å². The smallest absolute Gasteiger partial charge is 0.462 e. The largest absolute Gasteiger partial charge is 0.472 e. The second-order valence-corrected chi connectivity index (χ2v) is 14.6. The van der Waals surface area contributed by atoms with E-state index in [1.807, 2.05) is 18.2 Å². The molecule has 3 N–H and O–H groups in total. The highest BCUT2D eigenvalue weighted by molar-refractivity contribution is 7.47. The van der Waals surface area contributed by atoms with E-state index >= 15 is 0 Å². The van der Waals surface area contributed by atoms with Gasteiger partial charge in [0.2, 0.25) is 0 Å². The standard InChI is InChI=1S/C45H74NO8P/c1-3-5-7-9-11-13-15-17-19-20-21-22-24-25-27-29-31-33-35-37-44(47)51-41-43(42-53-55(49,50)52-40-39-46)54-45(48)38-36-34-32-30-28-26-23-18-16-14-12-10-8-6-4-2/h5,7,11,13,17,19,21-22,25,27,31-34,36,38,43H,3-4,6,8-10,12,14-16,18,20,23-24,26,28-30,35,37,39-42,46H2,1-2H3,(H,49,50)/b7-5+,13-11+,19-17+,22-21+,27-25+,33-31+,34-32+,38-36+/t43-/m1/s1. The first-order valence-electron chi connectivity index (χ1n) is 20.8. The summed E-state index contributed by atoms with van der Waals surface area (Å²) >= 11 is 0. The summed E-state index contributed by atoms with van der Waals surface area (Å²) in [4.78, 5) is 34.6. The van der Waals surface area contributed by atoms with Crippen LogP contribution < -0.4 is 5.73 Å². The third-order valence-electron chi connectivity index (χ3n) is 8.07. The molecule has 0 spiro atoms. The lowest BCUT2D eigenvalue weighted by molar-refractivity contribution is -0.157. The molecule has 55 heavy (non-hydrogen) atoms. The molecule has 0 aromatic heterocycles. The molecule has 0 aliphatic rings. The normalized spacial score (nSPS) is 14.3. The summed E-state index contributed by atoms with van der Waals surface area (Å²) in [5.41, 5.74) is 5.33. The van der Waals surface area contributed by atoms with Gasteiger partial charge in [-0.25, -0.2) is 9.36 Å². The summed E-state index contributed by atoms with van der Waals surface area (Å²) in [6.07, 6.45) is 52.3. The van der Waals surface area contributed by atoms with Gasteiger partial charge in [0.05, 0.1) is 13.2 Å². The maximum absolute atomic E-state index is 12.4. The van der Waals surface area contributed by atoms with Crippen LogP contribution in [-0.4, -0.2) is 49.3 Å². The summed E-state index contributed by atoms with van der Waals surface area (Å²) in [7, 11) is -4.42. The Hall–Kier alpha value is -3.07. The molecule has 0 fully saturated rings. The number of phosphoric ester groups is 1. The molecule has 9 nitrogen and oxygen atoms in total. The van der Waals surface area contributed by atoms with Crippen LogP contribution in [0.4, 0.5) is 0 Å². The Balaban J connectivity index is 4.42. The molecule has 0 aliphatic heterocycles. The molecule has 0 heterocycles. The van der Waals surface area contributed by atoms with Crippen LogP contribution in [0.15, 0.2) is 97.2 Å². The summed E-state index contributed by atoms with van der Waals surface area (Å²) in [5.74, 6) is -1.19. The average molecular weight is 788 g/mol. The zero-order valence-corrected chi connectivity index (χ0v) is 35.0. The topological polar surface area (TPSA) is 134 Å². The highest BCUT2D eigenvalue weighted by Crippen LogP contribution is 2.43. The second-order valence-electron chi connectivity index (χ2n) is 13.2. The number of hydrogen-bond donors (Lipinski definition) is 2. The third kappa shape index (κ3) is 40.4. The number of carbonyl (C=O) groups is 2. The SMILES string of the molecule is CC/C=C/C/C=C/C/C=C/C/C=C/C/C=C/C/C=C/CCC(=O)OC[C@H](COP(=O)(O)OCCN)OC(=O)/C=C/C=C/CCCCCCCCCCCCC. The molecule has 0 saturated heterocycles. The van der Waals surface area contributed by atoms with Crippen LogP contribution in [0, 0.1) is 0 Å². The van der Waals surface area contributed by atoms with Gasteiger partial charge in [-0.1, -0.05) is 169 Å². The molecular formula is C45H74NO8P. The second kappa shape index (κ2) is 40.6. The molecule has 0 radical (unpaired) electrons. The molecular weight excluding hydrogens is 713 g/mol. The number of ether oxygens (including phenoxy) is 2. The molecule has 1 unspecified atom stereocenters. The lowest BCUT2D eigenvalue weighted by Crippen LogP contribution is -2.29. The predicted octanol–water partition coefficient (Wildman–Crippen LogP) is 11.8. The minimum Gasteiger partial charge on any atom is -0.462 e. The number of phosphoric acid groups is 1. The van der Waals surface area contributed by atoms with Gasteiger partial charge in [-0.2, -0.15) is 0 Å². The molecule has 2 atom stereocenters. The van der Waals surface area contributed by atoms with Gasteiger partial charge in [0.1, 0.15) is 6.61 Å². The van der Waals surface area contributed by atoms with Crippen LogP contribution in [-0.2, 0) is 32.7 Å². The lowest BCUT2D eigenvalue weighted by atomic mass is 10.1. The van der Waals surface area contributed by atoms with Crippen LogP contribution >= 0.6 is 7.82 Å². The van der Waals surface area contributed by atoms with E-state index in [1.54, 1.807) is 12.2 Å². The number of allylic oxidation sites excluding steroid dienone is 15. The Bertz CT molecular complexity index is 1220. The van der Waals surface area contributed by atoms with Crippen molar-refractivity contribution in [2.75, 3.05) is 26.4 Å². The molecule has 0 aliphatic carbocycles. The van der Waals surface area contributed by atoms with Crippen molar-refractivity contribution in [3.05, 3.63) is 97.2 Å². The van der Waals surface area contributed by atoms with Crippen molar-refractivity contribution >= 4 is 19.8 Å². The Kier molecular flexibility index (Phi) is 38.3. The number of esters is 2. The van der Waals surface area contributed by atoms with Gasteiger partial charge in [-0.05, 0) is 57.8 Å². The minimum absolute atomic E-state index is 0.0261. The highest BCUT2D eigenvalue weighted by Gasteiger charge is 2.25. The van der Waals surface area contributed by atoms with Gasteiger partial charge in [0.25, 0.3) is 0 Å². The predicted molar refractivity (Wildman–Crippen MR) is 228 cm³/mol. The quantitative estimate of drug-likeness (QED) is 0.0157. The van der Waals surface area contributed by atoms with Crippen molar-refractivity contribution in [2.24, 2.45) is 5.73 Å². The van der Waals surface area contributed by atoms with Crippen LogP contribution in [0.25, 0.3) is 0 Å². The molecule has 0 aromatic carbocycles. The number of unbranched alkanes of at least 4 members (excludes halogenated alkanes) is 11. The summed E-state index contributed by atoms with van der Waals surface area (Å²) in [5, 5.41) is 0. The maximum Gasteiger partial charge on any atom is 0.472 e. The lowest BCUT2D eigenvalue weighted by Gasteiger charge is -2.19.